The fraction of sp³-hybridized carbons (Fsp3) is 0.714. The molecule has 0 spiro atoms. The molecule has 0 radical (unpaired) electrons. The average Bonchev–Trinajstić information content (AvgIpc) is 2.01. The van der Waals surface area contributed by atoms with Gasteiger partial charge in [-0.1, -0.05) is 6.58 Å². The molecule has 0 bridgehead atoms. The van der Waals surface area contributed by atoms with Gasteiger partial charge >= 0.3 is 0 Å². The Bertz CT molecular complexity index is 420. The first-order valence-corrected chi connectivity index (χ1v) is 8.19. The first-order chi connectivity index (χ1) is 6.22. The Labute approximate surface area is 88.3 Å². The fourth-order valence-electron chi connectivity index (χ4n) is 1.41. The molecule has 0 atom stereocenters. The van der Waals surface area contributed by atoms with E-state index in [-0.39, 0.29) is 22.3 Å². The Morgan fingerprint density at radius 2 is 1.71 bits per heavy atom. The van der Waals surface area contributed by atoms with Gasteiger partial charge in [0, 0.05) is 10.7 Å². The molecular weight excluding hydrogens is 248 g/mol. The van der Waals surface area contributed by atoms with E-state index in [2.05, 4.69) is 6.58 Å². The molecule has 0 N–H and O–H groups in total. The summed E-state index contributed by atoms with van der Waals surface area (Å²) in [6, 6.07) is 0. The summed E-state index contributed by atoms with van der Waals surface area (Å²) in [5.74, 6) is -0.285. The largest absolute Gasteiger partial charge is 0.257 e. The van der Waals surface area contributed by atoms with Crippen LogP contribution < -0.4 is 0 Å². The van der Waals surface area contributed by atoms with Crippen LogP contribution in [0.4, 0.5) is 0 Å². The van der Waals surface area contributed by atoms with Crippen molar-refractivity contribution >= 4 is 29.6 Å². The Morgan fingerprint density at radius 3 is 2.07 bits per heavy atom. The van der Waals surface area contributed by atoms with Gasteiger partial charge in [0.05, 0.1) is 16.4 Å². The second-order valence-electron chi connectivity index (χ2n) is 3.33. The van der Waals surface area contributed by atoms with Crippen molar-refractivity contribution in [1.82, 2.24) is 0 Å². The van der Waals surface area contributed by atoms with Crippen molar-refractivity contribution in [3.8, 4) is 0 Å². The van der Waals surface area contributed by atoms with Gasteiger partial charge in [0.1, 0.15) is 9.84 Å². The first-order valence-electron chi connectivity index (χ1n) is 4.06. The van der Waals surface area contributed by atoms with E-state index in [1.807, 2.05) is 0 Å². The fourth-order valence-corrected chi connectivity index (χ4v) is 3.91. The van der Waals surface area contributed by atoms with Crippen LogP contribution in [0.2, 0.25) is 0 Å². The molecule has 1 rings (SSSR count). The minimum absolute atomic E-state index is 0.0170. The number of sulfone groups is 1. The van der Waals surface area contributed by atoms with Crippen LogP contribution in [0.25, 0.3) is 0 Å². The quantitative estimate of drug-likeness (QED) is 0.690. The molecule has 7 heteroatoms. The molecule has 1 aliphatic heterocycles. The van der Waals surface area contributed by atoms with Crippen molar-refractivity contribution in [1.29, 1.82) is 0 Å². The lowest BCUT2D eigenvalue weighted by atomic mass is 10.0. The molecule has 1 heterocycles. The zero-order valence-electron chi connectivity index (χ0n) is 7.44. The van der Waals surface area contributed by atoms with Gasteiger partial charge in [0.15, 0.2) is 0 Å². The van der Waals surface area contributed by atoms with Crippen LogP contribution in [-0.4, -0.2) is 28.3 Å². The molecule has 0 amide bonds. The molecule has 1 saturated heterocycles. The third-order valence-corrected chi connectivity index (χ3v) is 5.59. The average molecular weight is 259 g/mol. The van der Waals surface area contributed by atoms with Gasteiger partial charge < -0.3 is 0 Å². The lowest BCUT2D eigenvalue weighted by Gasteiger charge is -2.21. The molecular formula is C7H11ClO4S2. The second kappa shape index (κ2) is 3.83. The van der Waals surface area contributed by atoms with Gasteiger partial charge in [0.2, 0.25) is 0 Å². The zero-order valence-corrected chi connectivity index (χ0v) is 9.83. The molecule has 0 aromatic carbocycles. The van der Waals surface area contributed by atoms with Gasteiger partial charge in [-0.15, -0.1) is 0 Å². The van der Waals surface area contributed by atoms with Crippen LogP contribution in [0.3, 0.4) is 0 Å². The third-order valence-electron chi connectivity index (χ3n) is 2.32. The Balaban J connectivity index is 2.73. The molecule has 0 unspecified atom stereocenters. The van der Waals surface area contributed by atoms with Crippen LogP contribution in [0.5, 0.6) is 0 Å². The molecule has 0 aliphatic carbocycles. The predicted octanol–water partition coefficient (Wildman–Crippen LogP) is 0.893. The van der Waals surface area contributed by atoms with E-state index in [9.17, 15) is 16.8 Å². The van der Waals surface area contributed by atoms with Crippen LogP contribution in [0.1, 0.15) is 12.8 Å². The normalized spacial score (nSPS) is 23.2. The van der Waals surface area contributed by atoms with Crippen molar-refractivity contribution in [2.75, 3.05) is 11.5 Å². The van der Waals surface area contributed by atoms with Gasteiger partial charge in [-0.05, 0) is 18.8 Å². The van der Waals surface area contributed by atoms with E-state index in [4.69, 9.17) is 10.7 Å². The summed E-state index contributed by atoms with van der Waals surface area (Å²) in [4.78, 5) is -0.0610. The standard InChI is InChI=1S/C7H11ClO4S2/c1-6(14(8,11)12)7-2-4-13(9,10)5-3-7/h7H,1-5H2. The summed E-state index contributed by atoms with van der Waals surface area (Å²) in [6.07, 6.45) is 0.597. The van der Waals surface area contributed by atoms with E-state index in [0.717, 1.165) is 0 Å². The van der Waals surface area contributed by atoms with Crippen molar-refractivity contribution < 1.29 is 16.8 Å². The van der Waals surface area contributed by atoms with E-state index in [0.29, 0.717) is 12.8 Å². The van der Waals surface area contributed by atoms with Crippen molar-refractivity contribution in [3.05, 3.63) is 11.5 Å². The topological polar surface area (TPSA) is 68.3 Å². The summed E-state index contributed by atoms with van der Waals surface area (Å²) >= 11 is 0. The van der Waals surface area contributed by atoms with Gasteiger partial charge in [-0.25, -0.2) is 16.8 Å². The second-order valence-corrected chi connectivity index (χ2v) is 8.25. The highest BCUT2D eigenvalue weighted by Gasteiger charge is 2.29. The van der Waals surface area contributed by atoms with Crippen molar-refractivity contribution in [2.45, 2.75) is 12.8 Å². The summed E-state index contributed by atoms with van der Waals surface area (Å²) in [7, 11) is -1.62. The van der Waals surface area contributed by atoms with Gasteiger partial charge in [0.25, 0.3) is 9.05 Å². The zero-order chi connectivity index (χ0) is 11.0. The van der Waals surface area contributed by atoms with E-state index in [1.165, 1.54) is 0 Å². The first kappa shape index (κ1) is 12.0. The maximum atomic E-state index is 11.1. The summed E-state index contributed by atoms with van der Waals surface area (Å²) in [6.45, 7) is 3.38. The predicted molar refractivity (Wildman–Crippen MR) is 55.3 cm³/mol. The lowest BCUT2D eigenvalue weighted by molar-refractivity contribution is 0.524. The Hall–Kier alpha value is -0.0700. The van der Waals surface area contributed by atoms with Crippen LogP contribution in [-0.2, 0) is 18.9 Å². The monoisotopic (exact) mass is 258 g/mol. The molecule has 0 aromatic rings. The number of halogens is 1. The molecule has 1 fully saturated rings. The number of rotatable bonds is 2. The lowest BCUT2D eigenvalue weighted by Crippen LogP contribution is -2.25. The number of allylic oxidation sites excluding steroid dienone is 1. The van der Waals surface area contributed by atoms with Gasteiger partial charge in [-0.2, -0.15) is 0 Å². The minimum atomic E-state index is -3.76. The maximum absolute atomic E-state index is 11.1. The molecule has 14 heavy (non-hydrogen) atoms. The third kappa shape index (κ3) is 2.96. The summed E-state index contributed by atoms with van der Waals surface area (Å²) in [5.41, 5.74) is 0. The molecule has 0 saturated carbocycles. The van der Waals surface area contributed by atoms with E-state index >= 15 is 0 Å². The van der Waals surface area contributed by atoms with E-state index in [1.54, 1.807) is 0 Å². The summed E-state index contributed by atoms with van der Waals surface area (Å²) < 4.78 is 43.9. The molecule has 1 aliphatic rings. The highest BCUT2D eigenvalue weighted by molar-refractivity contribution is 8.16. The van der Waals surface area contributed by atoms with Crippen molar-refractivity contribution in [3.63, 3.8) is 0 Å². The highest BCUT2D eigenvalue weighted by Crippen LogP contribution is 2.29. The minimum Gasteiger partial charge on any atom is -0.229 e. The molecule has 82 valence electrons. The molecule has 0 aromatic heterocycles. The summed E-state index contributed by atoms with van der Waals surface area (Å²) in [5, 5.41) is 0. The Morgan fingerprint density at radius 1 is 1.29 bits per heavy atom. The number of hydrogen-bond acceptors (Lipinski definition) is 4. The molecule has 4 nitrogen and oxygen atoms in total. The van der Waals surface area contributed by atoms with Crippen LogP contribution in [0, 0.1) is 5.92 Å². The van der Waals surface area contributed by atoms with Crippen LogP contribution in [0.15, 0.2) is 11.5 Å². The van der Waals surface area contributed by atoms with Crippen molar-refractivity contribution in [2.24, 2.45) is 5.92 Å². The maximum Gasteiger partial charge on any atom is 0.257 e. The van der Waals surface area contributed by atoms with Gasteiger partial charge in [-0.3, -0.25) is 0 Å². The highest BCUT2D eigenvalue weighted by atomic mass is 35.7. The van der Waals surface area contributed by atoms with Crippen LogP contribution >= 0.6 is 10.7 Å². The Kier molecular flexibility index (Phi) is 3.28. The number of hydrogen-bond donors (Lipinski definition) is 0. The smallest absolute Gasteiger partial charge is 0.229 e. The SMILES string of the molecule is C=C(C1CCS(=O)(=O)CC1)S(=O)(=O)Cl. The van der Waals surface area contributed by atoms with E-state index < -0.39 is 18.9 Å².